The molecule has 9 nitrogen and oxygen atoms in total. The molecule has 150 valence electrons. The standard InChI is InChI=1S/C18H20N2O7S/c1-24-13-5-4-11(6-14(13)25-2)7-17(23)27-9-15(21)20-18-19-12(10-28-18)8-16(22)26-3/h4-6,10H,7-9H2,1-3H3,(H,19,20,21). The fourth-order valence-corrected chi connectivity index (χ4v) is 2.90. The molecule has 1 heterocycles. The van der Waals surface area contributed by atoms with E-state index in [9.17, 15) is 14.4 Å². The first kappa shape index (κ1) is 21.2. The Labute approximate surface area is 165 Å². The first-order valence-electron chi connectivity index (χ1n) is 8.12. The smallest absolute Gasteiger partial charge is 0.311 e. The number of ether oxygens (including phenoxy) is 4. The number of hydrogen-bond donors (Lipinski definition) is 1. The van der Waals surface area contributed by atoms with Gasteiger partial charge in [0, 0.05) is 5.38 Å². The van der Waals surface area contributed by atoms with Crippen molar-refractivity contribution >= 4 is 34.3 Å². The van der Waals surface area contributed by atoms with Gasteiger partial charge in [-0.25, -0.2) is 4.98 Å². The van der Waals surface area contributed by atoms with Crippen LogP contribution in [0, 0.1) is 0 Å². The van der Waals surface area contributed by atoms with E-state index in [2.05, 4.69) is 15.0 Å². The highest BCUT2D eigenvalue weighted by Gasteiger charge is 2.13. The molecule has 0 saturated heterocycles. The Balaban J connectivity index is 1.81. The zero-order valence-corrected chi connectivity index (χ0v) is 16.5. The second kappa shape index (κ2) is 10.3. The van der Waals surface area contributed by atoms with Crippen LogP contribution in [0.25, 0.3) is 0 Å². The van der Waals surface area contributed by atoms with Gasteiger partial charge in [0.25, 0.3) is 5.91 Å². The summed E-state index contributed by atoms with van der Waals surface area (Å²) in [5.41, 5.74) is 1.15. The molecule has 1 aromatic heterocycles. The number of rotatable bonds is 9. The van der Waals surface area contributed by atoms with E-state index >= 15 is 0 Å². The van der Waals surface area contributed by atoms with Crippen LogP contribution < -0.4 is 14.8 Å². The second-order valence-corrected chi connectivity index (χ2v) is 6.33. The molecule has 1 aromatic carbocycles. The molecule has 2 rings (SSSR count). The molecule has 0 saturated carbocycles. The minimum atomic E-state index is -0.562. The summed E-state index contributed by atoms with van der Waals surface area (Å²) in [7, 11) is 4.30. The molecule has 1 N–H and O–H groups in total. The van der Waals surface area contributed by atoms with Crippen molar-refractivity contribution < 1.29 is 33.3 Å². The van der Waals surface area contributed by atoms with Crippen LogP contribution in [-0.4, -0.2) is 50.8 Å². The van der Waals surface area contributed by atoms with E-state index in [-0.39, 0.29) is 12.8 Å². The average molecular weight is 408 g/mol. The minimum Gasteiger partial charge on any atom is -0.493 e. The highest BCUT2D eigenvalue weighted by Crippen LogP contribution is 2.27. The number of anilines is 1. The molecule has 0 aliphatic rings. The van der Waals surface area contributed by atoms with Gasteiger partial charge in [0.05, 0.1) is 39.9 Å². The van der Waals surface area contributed by atoms with Crippen molar-refractivity contribution in [2.24, 2.45) is 0 Å². The lowest BCUT2D eigenvalue weighted by Gasteiger charge is -2.09. The SMILES string of the molecule is COC(=O)Cc1csc(NC(=O)COC(=O)Cc2ccc(OC)c(OC)c2)n1. The molecular formula is C18H20N2O7S. The van der Waals surface area contributed by atoms with Crippen molar-refractivity contribution in [1.29, 1.82) is 0 Å². The Morgan fingerprint density at radius 3 is 2.46 bits per heavy atom. The van der Waals surface area contributed by atoms with Gasteiger partial charge in [-0.2, -0.15) is 0 Å². The number of thiazole rings is 1. The third-order valence-electron chi connectivity index (χ3n) is 3.51. The summed E-state index contributed by atoms with van der Waals surface area (Å²) in [5, 5.41) is 4.45. The summed E-state index contributed by atoms with van der Waals surface area (Å²) in [4.78, 5) is 39.1. The van der Waals surface area contributed by atoms with Crippen molar-refractivity contribution in [3.8, 4) is 11.5 Å². The maximum Gasteiger partial charge on any atom is 0.311 e. The third-order valence-corrected chi connectivity index (χ3v) is 4.32. The first-order chi connectivity index (χ1) is 13.4. The van der Waals surface area contributed by atoms with E-state index in [1.54, 1.807) is 23.6 Å². The van der Waals surface area contributed by atoms with Crippen molar-refractivity contribution in [3.05, 3.63) is 34.8 Å². The van der Waals surface area contributed by atoms with E-state index in [1.165, 1.54) is 21.3 Å². The topological polar surface area (TPSA) is 113 Å². The predicted octanol–water partition coefficient (Wildman–Crippen LogP) is 1.60. The number of carbonyl (C=O) groups is 3. The van der Waals surface area contributed by atoms with Crippen LogP contribution in [0.1, 0.15) is 11.3 Å². The maximum absolute atomic E-state index is 11.9. The quantitative estimate of drug-likeness (QED) is 0.623. The molecule has 1 amide bonds. The van der Waals surface area contributed by atoms with Gasteiger partial charge in [0.2, 0.25) is 0 Å². The fourth-order valence-electron chi connectivity index (χ4n) is 2.18. The van der Waals surface area contributed by atoms with E-state index in [0.717, 1.165) is 11.3 Å². The Kier molecular flexibility index (Phi) is 7.76. The van der Waals surface area contributed by atoms with Gasteiger partial charge in [-0.3, -0.25) is 19.7 Å². The van der Waals surface area contributed by atoms with Crippen LogP contribution >= 0.6 is 11.3 Å². The molecule has 0 fully saturated rings. The summed E-state index contributed by atoms with van der Waals surface area (Å²) >= 11 is 1.16. The zero-order valence-electron chi connectivity index (χ0n) is 15.6. The molecule has 28 heavy (non-hydrogen) atoms. The molecule has 0 unspecified atom stereocenters. The molecular weight excluding hydrogens is 388 g/mol. The van der Waals surface area contributed by atoms with E-state index in [0.29, 0.717) is 27.9 Å². The number of benzene rings is 1. The molecule has 2 aromatic rings. The van der Waals surface area contributed by atoms with Crippen molar-refractivity contribution in [1.82, 2.24) is 4.98 Å². The normalized spacial score (nSPS) is 10.1. The van der Waals surface area contributed by atoms with Gasteiger partial charge < -0.3 is 18.9 Å². The average Bonchev–Trinajstić information content (AvgIpc) is 3.12. The van der Waals surface area contributed by atoms with Crippen LogP contribution in [0.4, 0.5) is 5.13 Å². The monoisotopic (exact) mass is 408 g/mol. The van der Waals surface area contributed by atoms with E-state index in [1.807, 2.05) is 0 Å². The Hall–Kier alpha value is -3.14. The highest BCUT2D eigenvalue weighted by molar-refractivity contribution is 7.13. The summed E-state index contributed by atoms with van der Waals surface area (Å²) in [5.74, 6) is -0.467. The first-order valence-corrected chi connectivity index (χ1v) is 9.00. The second-order valence-electron chi connectivity index (χ2n) is 5.47. The van der Waals surface area contributed by atoms with Gasteiger partial charge in [0.15, 0.2) is 23.2 Å². The van der Waals surface area contributed by atoms with Crippen molar-refractivity contribution in [2.45, 2.75) is 12.8 Å². The zero-order chi connectivity index (χ0) is 20.5. The highest BCUT2D eigenvalue weighted by atomic mass is 32.1. The van der Waals surface area contributed by atoms with Crippen LogP contribution in [-0.2, 0) is 36.7 Å². The lowest BCUT2D eigenvalue weighted by atomic mass is 10.1. The van der Waals surface area contributed by atoms with Crippen LogP contribution in [0.5, 0.6) is 11.5 Å². The Morgan fingerprint density at radius 1 is 1.04 bits per heavy atom. The van der Waals surface area contributed by atoms with Crippen molar-refractivity contribution in [2.75, 3.05) is 33.3 Å². The fraction of sp³-hybridized carbons (Fsp3) is 0.333. The molecule has 0 aliphatic carbocycles. The largest absolute Gasteiger partial charge is 0.493 e. The van der Waals surface area contributed by atoms with Gasteiger partial charge in [-0.1, -0.05) is 6.07 Å². The molecule has 0 atom stereocenters. The lowest BCUT2D eigenvalue weighted by molar-refractivity contribution is -0.146. The molecule has 0 radical (unpaired) electrons. The number of aromatic nitrogens is 1. The van der Waals surface area contributed by atoms with Crippen LogP contribution in [0.15, 0.2) is 23.6 Å². The maximum atomic E-state index is 11.9. The van der Waals surface area contributed by atoms with Crippen LogP contribution in [0.2, 0.25) is 0 Å². The molecule has 0 bridgehead atoms. The Bertz CT molecular complexity index is 850. The third kappa shape index (κ3) is 6.23. The number of nitrogens with zero attached hydrogens (tertiary/aromatic N) is 1. The minimum absolute atomic E-state index is 0.0170. The van der Waals surface area contributed by atoms with E-state index < -0.39 is 24.5 Å². The summed E-state index contributed by atoms with van der Waals surface area (Å²) < 4.78 is 19.8. The molecule has 0 spiro atoms. The summed E-state index contributed by atoms with van der Waals surface area (Å²) in [6.07, 6.45) is -0.00264. The van der Waals surface area contributed by atoms with Crippen LogP contribution in [0.3, 0.4) is 0 Å². The summed E-state index contributed by atoms with van der Waals surface area (Å²) in [6, 6.07) is 5.06. The molecule has 0 aliphatic heterocycles. The number of esters is 2. The van der Waals surface area contributed by atoms with Gasteiger partial charge in [-0.15, -0.1) is 11.3 Å². The van der Waals surface area contributed by atoms with Gasteiger partial charge in [0.1, 0.15) is 0 Å². The number of nitrogens with one attached hydrogen (secondary N) is 1. The predicted molar refractivity (Wildman–Crippen MR) is 101 cm³/mol. The number of methoxy groups -OCH3 is 3. The lowest BCUT2D eigenvalue weighted by Crippen LogP contribution is -2.21. The van der Waals surface area contributed by atoms with Gasteiger partial charge in [-0.05, 0) is 17.7 Å². The number of carbonyl (C=O) groups excluding carboxylic acids is 3. The van der Waals surface area contributed by atoms with E-state index in [4.69, 9.17) is 14.2 Å². The van der Waals surface area contributed by atoms with Gasteiger partial charge >= 0.3 is 11.9 Å². The van der Waals surface area contributed by atoms with Crippen molar-refractivity contribution in [3.63, 3.8) is 0 Å². The summed E-state index contributed by atoms with van der Waals surface area (Å²) in [6.45, 7) is -0.446. The molecule has 10 heteroatoms. The number of hydrogen-bond acceptors (Lipinski definition) is 9. The number of amides is 1. The Morgan fingerprint density at radius 2 is 1.79 bits per heavy atom.